The summed E-state index contributed by atoms with van der Waals surface area (Å²) in [5.74, 6) is 0.639. The smallest absolute Gasteiger partial charge is 0.0726 e. The van der Waals surface area contributed by atoms with E-state index in [0.717, 1.165) is 6.42 Å². The Bertz CT molecular complexity index is 170. The van der Waals surface area contributed by atoms with Gasteiger partial charge in [-0.05, 0) is 43.4 Å². The van der Waals surface area contributed by atoms with Crippen LogP contribution in [0.2, 0.25) is 0 Å². The van der Waals surface area contributed by atoms with Crippen LogP contribution in [-0.2, 0) is 0 Å². The maximum Gasteiger partial charge on any atom is 0.0726 e. The van der Waals surface area contributed by atoms with Gasteiger partial charge >= 0.3 is 0 Å². The quantitative estimate of drug-likeness (QED) is 0.614. The third-order valence-corrected chi connectivity index (χ3v) is 3.78. The van der Waals surface area contributed by atoms with Crippen molar-refractivity contribution in [2.75, 3.05) is 0 Å². The van der Waals surface area contributed by atoms with Gasteiger partial charge in [0.15, 0.2) is 0 Å². The van der Waals surface area contributed by atoms with Gasteiger partial charge in [0.1, 0.15) is 0 Å². The number of aliphatic hydroxyl groups is 1. The predicted molar refractivity (Wildman–Crippen MR) is 45.3 cm³/mol. The summed E-state index contributed by atoms with van der Waals surface area (Å²) >= 11 is 0. The monoisotopic (exact) mass is 154 g/mol. The van der Waals surface area contributed by atoms with Crippen LogP contribution in [0.25, 0.3) is 0 Å². The van der Waals surface area contributed by atoms with Crippen molar-refractivity contribution in [3.8, 4) is 0 Å². The minimum Gasteiger partial charge on any atom is -0.389 e. The standard InChI is InChI=1S/C10H18O/c1-9(2)6-3-7-10(9,11)8-4-5-8/h8,11H,3-7H2,1-2H3. The third-order valence-electron chi connectivity index (χ3n) is 3.78. The Hall–Kier alpha value is -0.0400. The number of hydrogen-bond donors (Lipinski definition) is 1. The molecule has 1 unspecified atom stereocenters. The zero-order valence-corrected chi connectivity index (χ0v) is 7.56. The summed E-state index contributed by atoms with van der Waals surface area (Å²) in [5, 5.41) is 10.4. The van der Waals surface area contributed by atoms with Crippen LogP contribution in [0.5, 0.6) is 0 Å². The normalized spacial score (nSPS) is 42.8. The molecule has 2 fully saturated rings. The van der Waals surface area contributed by atoms with Crippen LogP contribution >= 0.6 is 0 Å². The fraction of sp³-hybridized carbons (Fsp3) is 1.00. The van der Waals surface area contributed by atoms with Crippen LogP contribution in [0.3, 0.4) is 0 Å². The van der Waals surface area contributed by atoms with Gasteiger partial charge in [-0.1, -0.05) is 13.8 Å². The lowest BCUT2D eigenvalue weighted by Crippen LogP contribution is -2.41. The van der Waals surface area contributed by atoms with Gasteiger partial charge < -0.3 is 5.11 Å². The van der Waals surface area contributed by atoms with E-state index in [0.29, 0.717) is 5.92 Å². The average molecular weight is 154 g/mol. The maximum absolute atomic E-state index is 10.4. The largest absolute Gasteiger partial charge is 0.389 e. The zero-order chi connectivity index (χ0) is 8.11. The Morgan fingerprint density at radius 1 is 1.18 bits per heavy atom. The molecule has 1 atom stereocenters. The molecule has 2 aliphatic carbocycles. The first-order chi connectivity index (χ1) is 5.06. The van der Waals surface area contributed by atoms with Crippen LogP contribution in [0.4, 0.5) is 0 Å². The number of rotatable bonds is 1. The van der Waals surface area contributed by atoms with Crippen molar-refractivity contribution in [2.45, 2.75) is 51.6 Å². The molecule has 0 aliphatic heterocycles. The molecule has 1 nitrogen and oxygen atoms in total. The fourth-order valence-electron chi connectivity index (χ4n) is 2.67. The van der Waals surface area contributed by atoms with Crippen molar-refractivity contribution >= 4 is 0 Å². The molecule has 0 amide bonds. The second kappa shape index (κ2) is 2.01. The highest BCUT2D eigenvalue weighted by Crippen LogP contribution is 2.56. The summed E-state index contributed by atoms with van der Waals surface area (Å²) in [6.45, 7) is 4.44. The van der Waals surface area contributed by atoms with E-state index in [1.165, 1.54) is 25.7 Å². The molecule has 0 radical (unpaired) electrons. The first kappa shape index (κ1) is 7.60. The molecule has 2 saturated carbocycles. The van der Waals surface area contributed by atoms with Crippen LogP contribution in [0.15, 0.2) is 0 Å². The van der Waals surface area contributed by atoms with Gasteiger partial charge in [0.25, 0.3) is 0 Å². The Morgan fingerprint density at radius 2 is 1.82 bits per heavy atom. The molecule has 0 saturated heterocycles. The van der Waals surface area contributed by atoms with Crippen molar-refractivity contribution in [3.63, 3.8) is 0 Å². The lowest BCUT2D eigenvalue weighted by molar-refractivity contribution is -0.0617. The molecule has 11 heavy (non-hydrogen) atoms. The van der Waals surface area contributed by atoms with E-state index in [9.17, 15) is 5.11 Å². The minimum atomic E-state index is -0.299. The summed E-state index contributed by atoms with van der Waals surface area (Å²) in [5.41, 5.74) is -0.110. The summed E-state index contributed by atoms with van der Waals surface area (Å²) in [6, 6.07) is 0. The molecule has 1 heteroatoms. The zero-order valence-electron chi connectivity index (χ0n) is 7.56. The molecular formula is C10H18O. The van der Waals surface area contributed by atoms with Gasteiger partial charge in [-0.3, -0.25) is 0 Å². The Labute approximate surface area is 68.8 Å². The van der Waals surface area contributed by atoms with Crippen molar-refractivity contribution in [3.05, 3.63) is 0 Å². The molecular weight excluding hydrogens is 136 g/mol. The second-order valence-electron chi connectivity index (χ2n) is 4.94. The lowest BCUT2D eigenvalue weighted by atomic mass is 9.75. The molecule has 0 heterocycles. The molecule has 0 bridgehead atoms. The SMILES string of the molecule is CC1(C)CCCC1(O)C1CC1. The van der Waals surface area contributed by atoms with Crippen LogP contribution in [-0.4, -0.2) is 10.7 Å². The summed E-state index contributed by atoms with van der Waals surface area (Å²) in [6.07, 6.45) is 6.00. The highest BCUT2D eigenvalue weighted by molar-refractivity contribution is 5.06. The molecule has 0 aromatic rings. The molecule has 0 aromatic heterocycles. The van der Waals surface area contributed by atoms with E-state index in [1.54, 1.807) is 0 Å². The van der Waals surface area contributed by atoms with E-state index in [2.05, 4.69) is 13.8 Å². The lowest BCUT2D eigenvalue weighted by Gasteiger charge is -2.37. The molecule has 0 spiro atoms. The fourth-order valence-corrected chi connectivity index (χ4v) is 2.67. The average Bonchev–Trinajstić information content (AvgIpc) is 2.64. The maximum atomic E-state index is 10.4. The van der Waals surface area contributed by atoms with Gasteiger partial charge in [0, 0.05) is 0 Å². The Morgan fingerprint density at radius 3 is 2.18 bits per heavy atom. The van der Waals surface area contributed by atoms with Gasteiger partial charge in [-0.25, -0.2) is 0 Å². The van der Waals surface area contributed by atoms with E-state index in [1.807, 2.05) is 0 Å². The Kier molecular flexibility index (Phi) is 1.39. The Balaban J connectivity index is 2.21. The van der Waals surface area contributed by atoms with Gasteiger partial charge in [-0.2, -0.15) is 0 Å². The van der Waals surface area contributed by atoms with E-state index in [-0.39, 0.29) is 11.0 Å². The van der Waals surface area contributed by atoms with E-state index < -0.39 is 0 Å². The minimum absolute atomic E-state index is 0.189. The van der Waals surface area contributed by atoms with Crippen molar-refractivity contribution in [1.29, 1.82) is 0 Å². The van der Waals surface area contributed by atoms with Crippen molar-refractivity contribution in [1.82, 2.24) is 0 Å². The predicted octanol–water partition coefficient (Wildman–Crippen LogP) is 2.34. The van der Waals surface area contributed by atoms with Gasteiger partial charge in [-0.15, -0.1) is 0 Å². The second-order valence-corrected chi connectivity index (χ2v) is 4.94. The van der Waals surface area contributed by atoms with Crippen molar-refractivity contribution in [2.24, 2.45) is 11.3 Å². The van der Waals surface area contributed by atoms with Crippen LogP contribution in [0.1, 0.15) is 46.0 Å². The van der Waals surface area contributed by atoms with Crippen LogP contribution in [0, 0.1) is 11.3 Å². The van der Waals surface area contributed by atoms with Crippen molar-refractivity contribution < 1.29 is 5.11 Å². The molecule has 2 rings (SSSR count). The summed E-state index contributed by atoms with van der Waals surface area (Å²) in [7, 11) is 0. The molecule has 1 N–H and O–H groups in total. The molecule has 2 aliphatic rings. The summed E-state index contributed by atoms with van der Waals surface area (Å²) in [4.78, 5) is 0. The van der Waals surface area contributed by atoms with Crippen LogP contribution < -0.4 is 0 Å². The third kappa shape index (κ3) is 0.936. The van der Waals surface area contributed by atoms with Gasteiger partial charge in [0.05, 0.1) is 5.60 Å². The van der Waals surface area contributed by atoms with Gasteiger partial charge in [0.2, 0.25) is 0 Å². The number of hydrogen-bond acceptors (Lipinski definition) is 1. The highest BCUT2D eigenvalue weighted by Gasteiger charge is 2.55. The highest BCUT2D eigenvalue weighted by atomic mass is 16.3. The van der Waals surface area contributed by atoms with E-state index in [4.69, 9.17) is 0 Å². The first-order valence-electron chi connectivity index (χ1n) is 4.79. The van der Waals surface area contributed by atoms with E-state index >= 15 is 0 Å². The first-order valence-corrected chi connectivity index (χ1v) is 4.79. The molecule has 0 aromatic carbocycles. The topological polar surface area (TPSA) is 20.2 Å². The summed E-state index contributed by atoms with van der Waals surface area (Å²) < 4.78 is 0. The molecule has 64 valence electrons.